The second-order valence-electron chi connectivity index (χ2n) is 2.62. The third kappa shape index (κ3) is 0.869. The third-order valence-electron chi connectivity index (χ3n) is 1.62. The lowest BCUT2D eigenvalue weighted by atomic mass is 10.2. The highest BCUT2D eigenvalue weighted by Gasteiger charge is 1.99. The van der Waals surface area contributed by atoms with Crippen molar-refractivity contribution in [2.45, 2.75) is 13.8 Å². The molecule has 0 spiro atoms. The largest absolute Gasteiger partial charge is 0.198 e. The first-order valence-electron chi connectivity index (χ1n) is 3.43. The highest BCUT2D eigenvalue weighted by atomic mass is 15.5. The molecule has 0 unspecified atom stereocenters. The van der Waals surface area contributed by atoms with E-state index in [9.17, 15) is 0 Å². The molecule has 0 fully saturated rings. The number of hydrogen-bond donors (Lipinski definition) is 0. The van der Waals surface area contributed by atoms with Crippen molar-refractivity contribution in [1.29, 1.82) is 0 Å². The van der Waals surface area contributed by atoms with Crippen LogP contribution in [0.5, 0.6) is 0 Å². The number of pyridine rings is 1. The first-order chi connectivity index (χ1) is 5.27. The Morgan fingerprint density at radius 1 is 1.27 bits per heavy atom. The monoisotopic (exact) mass is 148 g/mol. The predicted octanol–water partition coefficient (Wildman–Crippen LogP) is 0.741. The molecule has 0 radical (unpaired) electrons. The van der Waals surface area contributed by atoms with Gasteiger partial charge >= 0.3 is 0 Å². The fourth-order valence-electron chi connectivity index (χ4n) is 1.17. The molecule has 2 aromatic heterocycles. The standard InChI is InChI=1S/C7H8N4/c1-5-3-6(2)11-7(4-5)8-9-10-11/h3-4H,1-2H3. The molecule has 0 bridgehead atoms. The van der Waals surface area contributed by atoms with Gasteiger partial charge in [-0.3, -0.25) is 0 Å². The van der Waals surface area contributed by atoms with Gasteiger partial charge in [-0.1, -0.05) is 0 Å². The molecule has 0 aliphatic carbocycles. The maximum absolute atomic E-state index is 3.84. The Kier molecular flexibility index (Phi) is 1.15. The summed E-state index contributed by atoms with van der Waals surface area (Å²) in [5.74, 6) is 0. The van der Waals surface area contributed by atoms with Crippen LogP contribution in [-0.4, -0.2) is 20.0 Å². The van der Waals surface area contributed by atoms with Crippen molar-refractivity contribution >= 4 is 5.65 Å². The molecule has 0 amide bonds. The first-order valence-corrected chi connectivity index (χ1v) is 3.43. The molecule has 0 aliphatic heterocycles. The van der Waals surface area contributed by atoms with E-state index in [1.54, 1.807) is 4.52 Å². The molecular formula is C7H8N4. The zero-order chi connectivity index (χ0) is 7.84. The summed E-state index contributed by atoms with van der Waals surface area (Å²) in [4.78, 5) is 0. The average Bonchev–Trinajstić information content (AvgIpc) is 2.34. The summed E-state index contributed by atoms with van der Waals surface area (Å²) in [5, 5.41) is 11.2. The van der Waals surface area contributed by atoms with Crippen molar-refractivity contribution in [1.82, 2.24) is 20.0 Å². The third-order valence-corrected chi connectivity index (χ3v) is 1.62. The van der Waals surface area contributed by atoms with E-state index in [0.29, 0.717) is 0 Å². The van der Waals surface area contributed by atoms with Gasteiger partial charge in [0.15, 0.2) is 5.65 Å². The zero-order valence-electron chi connectivity index (χ0n) is 6.44. The quantitative estimate of drug-likeness (QED) is 0.553. The van der Waals surface area contributed by atoms with Crippen LogP contribution in [0.1, 0.15) is 11.3 Å². The van der Waals surface area contributed by atoms with Gasteiger partial charge in [-0.05, 0) is 42.0 Å². The fourth-order valence-corrected chi connectivity index (χ4v) is 1.17. The van der Waals surface area contributed by atoms with Crippen LogP contribution >= 0.6 is 0 Å². The van der Waals surface area contributed by atoms with Crippen LogP contribution in [0.3, 0.4) is 0 Å². The van der Waals surface area contributed by atoms with Gasteiger partial charge in [0.1, 0.15) is 0 Å². The molecule has 2 rings (SSSR count). The van der Waals surface area contributed by atoms with Gasteiger partial charge in [0.2, 0.25) is 0 Å². The Balaban J connectivity index is 2.91. The Morgan fingerprint density at radius 2 is 2.09 bits per heavy atom. The predicted molar refractivity (Wildman–Crippen MR) is 40.3 cm³/mol. The van der Waals surface area contributed by atoms with Crippen LogP contribution in [0.2, 0.25) is 0 Å². The van der Waals surface area contributed by atoms with Crippen molar-refractivity contribution < 1.29 is 0 Å². The van der Waals surface area contributed by atoms with E-state index in [0.717, 1.165) is 11.3 Å². The van der Waals surface area contributed by atoms with Crippen LogP contribution in [0, 0.1) is 13.8 Å². The molecule has 2 aromatic rings. The van der Waals surface area contributed by atoms with Crippen molar-refractivity contribution in [3.63, 3.8) is 0 Å². The van der Waals surface area contributed by atoms with E-state index in [1.165, 1.54) is 5.56 Å². The van der Waals surface area contributed by atoms with Crippen molar-refractivity contribution in [2.24, 2.45) is 0 Å². The number of nitrogens with zero attached hydrogens (tertiary/aromatic N) is 4. The van der Waals surface area contributed by atoms with Crippen molar-refractivity contribution in [3.05, 3.63) is 23.4 Å². The van der Waals surface area contributed by atoms with Crippen LogP contribution < -0.4 is 0 Å². The van der Waals surface area contributed by atoms with E-state index >= 15 is 0 Å². The van der Waals surface area contributed by atoms with E-state index in [-0.39, 0.29) is 0 Å². The Morgan fingerprint density at radius 3 is 2.91 bits per heavy atom. The number of aromatic nitrogens is 4. The minimum Gasteiger partial charge on any atom is -0.198 e. The van der Waals surface area contributed by atoms with Gasteiger partial charge in [0.25, 0.3) is 0 Å². The summed E-state index contributed by atoms with van der Waals surface area (Å²) >= 11 is 0. The molecule has 0 atom stereocenters. The van der Waals surface area contributed by atoms with Gasteiger partial charge in [-0.2, -0.15) is 4.52 Å². The molecule has 4 heteroatoms. The molecule has 0 aromatic carbocycles. The number of fused-ring (bicyclic) bond motifs is 1. The summed E-state index contributed by atoms with van der Waals surface area (Å²) in [6.07, 6.45) is 0. The molecule has 2 heterocycles. The zero-order valence-corrected chi connectivity index (χ0v) is 6.44. The molecule has 56 valence electrons. The van der Waals surface area contributed by atoms with Gasteiger partial charge in [-0.15, -0.1) is 5.10 Å². The van der Waals surface area contributed by atoms with Crippen LogP contribution in [-0.2, 0) is 0 Å². The molecule has 4 nitrogen and oxygen atoms in total. The van der Waals surface area contributed by atoms with Gasteiger partial charge < -0.3 is 0 Å². The minimum absolute atomic E-state index is 0.808. The Hall–Kier alpha value is -1.45. The highest BCUT2D eigenvalue weighted by molar-refractivity contribution is 5.40. The maximum atomic E-state index is 3.84. The lowest BCUT2D eigenvalue weighted by Gasteiger charge is -1.96. The molecule has 0 N–H and O–H groups in total. The molecule has 11 heavy (non-hydrogen) atoms. The molecule has 0 aliphatic rings. The normalized spacial score (nSPS) is 10.7. The molecule has 0 saturated heterocycles. The van der Waals surface area contributed by atoms with E-state index in [4.69, 9.17) is 0 Å². The van der Waals surface area contributed by atoms with E-state index in [2.05, 4.69) is 15.5 Å². The summed E-state index contributed by atoms with van der Waals surface area (Å²) in [6.45, 7) is 4.01. The summed E-state index contributed by atoms with van der Waals surface area (Å²) < 4.78 is 1.72. The van der Waals surface area contributed by atoms with Crippen LogP contribution in [0.15, 0.2) is 12.1 Å². The summed E-state index contributed by atoms with van der Waals surface area (Å²) in [7, 11) is 0. The Labute approximate surface area is 63.8 Å². The molecular weight excluding hydrogens is 140 g/mol. The second-order valence-corrected chi connectivity index (χ2v) is 2.62. The minimum atomic E-state index is 0.808. The number of rotatable bonds is 0. The van der Waals surface area contributed by atoms with Crippen molar-refractivity contribution in [2.75, 3.05) is 0 Å². The topological polar surface area (TPSA) is 43.1 Å². The Bertz CT molecular complexity index is 390. The van der Waals surface area contributed by atoms with Crippen LogP contribution in [0.25, 0.3) is 5.65 Å². The summed E-state index contributed by atoms with van der Waals surface area (Å²) in [5.41, 5.74) is 3.05. The first kappa shape index (κ1) is 6.27. The highest BCUT2D eigenvalue weighted by Crippen LogP contribution is 2.05. The second kappa shape index (κ2) is 2.02. The van der Waals surface area contributed by atoms with Gasteiger partial charge in [0, 0.05) is 5.69 Å². The smallest absolute Gasteiger partial charge is 0.179 e. The average molecular weight is 148 g/mol. The SMILES string of the molecule is Cc1cc(C)n2nnnc2c1. The lowest BCUT2D eigenvalue weighted by molar-refractivity contribution is 0.803. The number of hydrogen-bond acceptors (Lipinski definition) is 3. The maximum Gasteiger partial charge on any atom is 0.179 e. The number of tetrazole rings is 1. The van der Waals surface area contributed by atoms with Gasteiger partial charge in [0.05, 0.1) is 0 Å². The van der Waals surface area contributed by atoms with Crippen molar-refractivity contribution in [3.8, 4) is 0 Å². The van der Waals surface area contributed by atoms with Gasteiger partial charge in [-0.25, -0.2) is 0 Å². The van der Waals surface area contributed by atoms with E-state index < -0.39 is 0 Å². The lowest BCUT2D eigenvalue weighted by Crippen LogP contribution is -1.93. The molecule has 0 saturated carbocycles. The fraction of sp³-hybridized carbons (Fsp3) is 0.286. The summed E-state index contributed by atoms with van der Waals surface area (Å²) in [6, 6.07) is 4.00. The van der Waals surface area contributed by atoms with Crippen LogP contribution in [0.4, 0.5) is 0 Å². The van der Waals surface area contributed by atoms with E-state index in [1.807, 2.05) is 26.0 Å². The number of aryl methyl sites for hydroxylation is 2.